The number of rotatable bonds is 6. The number of amides is 1. The van der Waals surface area contributed by atoms with E-state index in [2.05, 4.69) is 17.6 Å². The van der Waals surface area contributed by atoms with E-state index in [0.29, 0.717) is 6.54 Å². The van der Waals surface area contributed by atoms with Crippen LogP contribution in [0.3, 0.4) is 0 Å². The number of carbonyl (C=O) groups excluding carboxylic acids is 1. The molecule has 0 aromatic heterocycles. The van der Waals surface area contributed by atoms with Gasteiger partial charge >= 0.3 is 0 Å². The second-order valence-electron chi connectivity index (χ2n) is 4.60. The molecule has 0 bridgehead atoms. The maximum atomic E-state index is 12.1. The Morgan fingerprint density at radius 2 is 1.78 bits per heavy atom. The Balaban J connectivity index is 0.00000289. The number of nitrogens with one attached hydrogen (secondary N) is 2. The predicted molar refractivity (Wildman–Crippen MR) is 78.3 cm³/mol. The molecule has 102 valence electrons. The largest absolute Gasteiger partial charge is 0.354 e. The van der Waals surface area contributed by atoms with Crippen molar-refractivity contribution in [3.63, 3.8) is 0 Å². The van der Waals surface area contributed by atoms with Gasteiger partial charge in [0.15, 0.2) is 0 Å². The Bertz CT molecular complexity index is 352. The normalized spacial score (nSPS) is 10.6. The van der Waals surface area contributed by atoms with E-state index in [-0.39, 0.29) is 18.3 Å². The first-order chi connectivity index (χ1) is 8.09. The van der Waals surface area contributed by atoms with Crippen LogP contribution in [0.1, 0.15) is 26.3 Å². The van der Waals surface area contributed by atoms with Gasteiger partial charge < -0.3 is 10.6 Å². The van der Waals surface area contributed by atoms with E-state index in [4.69, 9.17) is 0 Å². The molecule has 0 spiro atoms. The minimum absolute atomic E-state index is 0. The van der Waals surface area contributed by atoms with Gasteiger partial charge in [0.1, 0.15) is 0 Å². The van der Waals surface area contributed by atoms with Crippen molar-refractivity contribution in [3.05, 3.63) is 35.9 Å². The molecule has 0 fully saturated rings. The fourth-order valence-electron chi connectivity index (χ4n) is 1.65. The molecule has 0 aliphatic heterocycles. The SMILES string of the molecule is CCNCCNC(=O)C(C)(C)c1ccccc1.Cl. The van der Waals surface area contributed by atoms with Crippen LogP contribution in [0.15, 0.2) is 30.3 Å². The summed E-state index contributed by atoms with van der Waals surface area (Å²) in [6.45, 7) is 8.36. The minimum Gasteiger partial charge on any atom is -0.354 e. The van der Waals surface area contributed by atoms with Crippen molar-refractivity contribution >= 4 is 18.3 Å². The van der Waals surface area contributed by atoms with Crippen LogP contribution >= 0.6 is 12.4 Å². The second kappa shape index (κ2) is 8.11. The van der Waals surface area contributed by atoms with Crippen molar-refractivity contribution in [1.29, 1.82) is 0 Å². The monoisotopic (exact) mass is 270 g/mol. The fraction of sp³-hybridized carbons (Fsp3) is 0.500. The van der Waals surface area contributed by atoms with Gasteiger partial charge in [-0.15, -0.1) is 12.4 Å². The number of likely N-dealkylation sites (N-methyl/N-ethyl adjacent to an activating group) is 1. The molecule has 0 saturated carbocycles. The summed E-state index contributed by atoms with van der Waals surface area (Å²) in [6.07, 6.45) is 0. The average Bonchev–Trinajstić information content (AvgIpc) is 2.35. The highest BCUT2D eigenvalue weighted by atomic mass is 35.5. The van der Waals surface area contributed by atoms with Gasteiger partial charge in [0.05, 0.1) is 5.41 Å². The van der Waals surface area contributed by atoms with Gasteiger partial charge in [-0.1, -0.05) is 37.3 Å². The van der Waals surface area contributed by atoms with Crippen LogP contribution < -0.4 is 10.6 Å². The van der Waals surface area contributed by atoms with Gasteiger partial charge in [-0.25, -0.2) is 0 Å². The summed E-state index contributed by atoms with van der Waals surface area (Å²) in [5.74, 6) is 0.0709. The molecule has 0 saturated heterocycles. The van der Waals surface area contributed by atoms with Gasteiger partial charge in [-0.3, -0.25) is 4.79 Å². The molecule has 3 nitrogen and oxygen atoms in total. The second-order valence-corrected chi connectivity index (χ2v) is 4.60. The molecule has 1 amide bonds. The van der Waals surface area contributed by atoms with E-state index in [1.165, 1.54) is 0 Å². The number of benzene rings is 1. The van der Waals surface area contributed by atoms with Crippen molar-refractivity contribution in [2.24, 2.45) is 0 Å². The molecule has 0 radical (unpaired) electrons. The maximum Gasteiger partial charge on any atom is 0.230 e. The third kappa shape index (κ3) is 4.67. The van der Waals surface area contributed by atoms with E-state index >= 15 is 0 Å². The van der Waals surface area contributed by atoms with Crippen molar-refractivity contribution in [3.8, 4) is 0 Å². The standard InChI is InChI=1S/C14H22N2O.ClH/c1-4-15-10-11-16-13(17)14(2,3)12-8-6-5-7-9-12;/h5-9,15H,4,10-11H2,1-3H3,(H,16,17);1H. The zero-order valence-corrected chi connectivity index (χ0v) is 12.1. The third-order valence-electron chi connectivity index (χ3n) is 2.90. The van der Waals surface area contributed by atoms with E-state index in [1.54, 1.807) is 0 Å². The molecule has 18 heavy (non-hydrogen) atoms. The zero-order valence-electron chi connectivity index (χ0n) is 11.3. The Hall–Kier alpha value is -1.06. The highest BCUT2D eigenvalue weighted by molar-refractivity contribution is 5.87. The molecule has 0 atom stereocenters. The van der Waals surface area contributed by atoms with Gasteiger partial charge in [-0.05, 0) is 26.0 Å². The summed E-state index contributed by atoms with van der Waals surface area (Å²) < 4.78 is 0. The van der Waals surface area contributed by atoms with Crippen LogP contribution in [0.5, 0.6) is 0 Å². The Labute approximate surface area is 116 Å². The molecular formula is C14H23ClN2O. The molecule has 1 aromatic rings. The first-order valence-electron chi connectivity index (χ1n) is 6.13. The molecule has 1 aromatic carbocycles. The molecule has 4 heteroatoms. The Morgan fingerprint density at radius 3 is 2.33 bits per heavy atom. The zero-order chi connectivity index (χ0) is 12.7. The van der Waals surface area contributed by atoms with E-state index in [9.17, 15) is 4.79 Å². The lowest BCUT2D eigenvalue weighted by Gasteiger charge is -2.24. The summed E-state index contributed by atoms with van der Waals surface area (Å²) in [6, 6.07) is 9.86. The van der Waals surface area contributed by atoms with Crippen molar-refractivity contribution in [2.75, 3.05) is 19.6 Å². The van der Waals surface area contributed by atoms with Crippen LogP contribution in [0.2, 0.25) is 0 Å². The lowest BCUT2D eigenvalue weighted by Crippen LogP contribution is -2.42. The first kappa shape index (κ1) is 16.9. The Morgan fingerprint density at radius 1 is 1.17 bits per heavy atom. The predicted octanol–water partition coefficient (Wildman–Crippen LogP) is 2.11. The van der Waals surface area contributed by atoms with Crippen LogP contribution in [0, 0.1) is 0 Å². The summed E-state index contributed by atoms with van der Waals surface area (Å²) in [5, 5.41) is 6.13. The average molecular weight is 271 g/mol. The fourth-order valence-corrected chi connectivity index (χ4v) is 1.65. The van der Waals surface area contributed by atoms with Crippen LogP contribution in [-0.4, -0.2) is 25.5 Å². The van der Waals surface area contributed by atoms with Crippen molar-refractivity contribution < 1.29 is 4.79 Å². The highest BCUT2D eigenvalue weighted by Crippen LogP contribution is 2.22. The maximum absolute atomic E-state index is 12.1. The van der Waals surface area contributed by atoms with Crippen LogP contribution in [-0.2, 0) is 10.2 Å². The topological polar surface area (TPSA) is 41.1 Å². The van der Waals surface area contributed by atoms with Gasteiger partial charge in [-0.2, -0.15) is 0 Å². The molecule has 1 rings (SSSR count). The molecule has 0 heterocycles. The first-order valence-corrected chi connectivity index (χ1v) is 6.13. The van der Waals surface area contributed by atoms with Gasteiger partial charge in [0.2, 0.25) is 5.91 Å². The number of hydrogen-bond donors (Lipinski definition) is 2. The Kier molecular flexibility index (Phi) is 7.64. The van der Waals surface area contributed by atoms with Crippen molar-refractivity contribution in [1.82, 2.24) is 10.6 Å². The van der Waals surface area contributed by atoms with Crippen LogP contribution in [0.25, 0.3) is 0 Å². The molecule has 0 aliphatic carbocycles. The molecule has 2 N–H and O–H groups in total. The summed E-state index contributed by atoms with van der Waals surface area (Å²) >= 11 is 0. The highest BCUT2D eigenvalue weighted by Gasteiger charge is 2.28. The summed E-state index contributed by atoms with van der Waals surface area (Å²) in [5.41, 5.74) is 0.564. The lowest BCUT2D eigenvalue weighted by molar-refractivity contribution is -0.125. The van der Waals surface area contributed by atoms with Gasteiger partial charge in [0, 0.05) is 13.1 Å². The molecular weight excluding hydrogens is 248 g/mol. The number of carbonyl (C=O) groups is 1. The van der Waals surface area contributed by atoms with E-state index in [0.717, 1.165) is 18.7 Å². The van der Waals surface area contributed by atoms with E-state index in [1.807, 2.05) is 44.2 Å². The van der Waals surface area contributed by atoms with E-state index < -0.39 is 5.41 Å². The molecule has 0 aliphatic rings. The third-order valence-corrected chi connectivity index (χ3v) is 2.90. The summed E-state index contributed by atoms with van der Waals surface area (Å²) in [4.78, 5) is 12.1. The minimum atomic E-state index is -0.479. The lowest BCUT2D eigenvalue weighted by atomic mass is 9.84. The molecule has 0 unspecified atom stereocenters. The van der Waals surface area contributed by atoms with Gasteiger partial charge in [0.25, 0.3) is 0 Å². The number of hydrogen-bond acceptors (Lipinski definition) is 2. The van der Waals surface area contributed by atoms with Crippen LogP contribution in [0.4, 0.5) is 0 Å². The summed E-state index contributed by atoms with van der Waals surface area (Å²) in [7, 11) is 0. The quantitative estimate of drug-likeness (QED) is 0.778. The number of halogens is 1. The smallest absolute Gasteiger partial charge is 0.230 e. The van der Waals surface area contributed by atoms with Crippen molar-refractivity contribution in [2.45, 2.75) is 26.2 Å².